The molecule has 0 amide bonds. The minimum Gasteiger partial charge on any atom is -0.481 e. The third-order valence-corrected chi connectivity index (χ3v) is 3.98. The maximum atomic E-state index is 11.4. The lowest BCUT2D eigenvalue weighted by Crippen LogP contribution is -2.43. The summed E-state index contributed by atoms with van der Waals surface area (Å²) in [5.41, 5.74) is 2.06. The first kappa shape index (κ1) is 11.9. The van der Waals surface area contributed by atoms with Crippen molar-refractivity contribution < 1.29 is 9.90 Å². The van der Waals surface area contributed by atoms with Gasteiger partial charge in [-0.15, -0.1) is 0 Å². The van der Waals surface area contributed by atoms with Crippen LogP contribution in [0, 0.1) is 0 Å². The zero-order valence-electron chi connectivity index (χ0n) is 10.5. The molecule has 1 aromatic heterocycles. The van der Waals surface area contributed by atoms with Crippen molar-refractivity contribution in [3.8, 4) is 11.1 Å². The van der Waals surface area contributed by atoms with E-state index in [9.17, 15) is 9.90 Å². The van der Waals surface area contributed by atoms with Gasteiger partial charge in [0.25, 0.3) is 0 Å². The summed E-state index contributed by atoms with van der Waals surface area (Å²) in [6.07, 6.45) is 4.13. The van der Waals surface area contributed by atoms with E-state index in [1.807, 2.05) is 42.5 Å². The normalized spacial score (nSPS) is 16.6. The summed E-state index contributed by atoms with van der Waals surface area (Å²) in [5, 5.41) is 9.38. The molecule has 0 aliphatic heterocycles. The van der Waals surface area contributed by atoms with E-state index in [1.54, 1.807) is 6.20 Å². The lowest BCUT2D eigenvalue weighted by atomic mass is 9.66. The zero-order valence-corrected chi connectivity index (χ0v) is 10.5. The molecule has 0 spiro atoms. The van der Waals surface area contributed by atoms with Gasteiger partial charge in [0.05, 0.1) is 5.69 Å². The molecule has 1 N–H and O–H groups in total. The molecule has 96 valence electrons. The first-order chi connectivity index (χ1) is 9.22. The molecule has 0 saturated heterocycles. The topological polar surface area (TPSA) is 50.2 Å². The van der Waals surface area contributed by atoms with Crippen molar-refractivity contribution in [3.05, 3.63) is 54.4 Å². The number of rotatable bonds is 3. The molecule has 1 fully saturated rings. The fourth-order valence-electron chi connectivity index (χ4n) is 2.59. The van der Waals surface area contributed by atoms with Crippen molar-refractivity contribution >= 4 is 5.97 Å². The van der Waals surface area contributed by atoms with E-state index in [0.29, 0.717) is 18.5 Å². The lowest BCUT2D eigenvalue weighted by Gasteiger charge is -2.36. The Balaban J connectivity index is 1.93. The summed E-state index contributed by atoms with van der Waals surface area (Å²) in [4.78, 5) is 15.8. The third kappa shape index (κ3) is 1.91. The Hall–Kier alpha value is -2.16. The van der Waals surface area contributed by atoms with Crippen LogP contribution in [0.3, 0.4) is 0 Å². The lowest BCUT2D eigenvalue weighted by molar-refractivity contribution is -0.147. The van der Waals surface area contributed by atoms with Crippen LogP contribution in [-0.2, 0) is 10.2 Å². The molecule has 1 heterocycles. The Bertz CT molecular complexity index is 586. The molecule has 0 radical (unpaired) electrons. The van der Waals surface area contributed by atoms with Gasteiger partial charge in [-0.1, -0.05) is 42.8 Å². The number of hydrogen-bond acceptors (Lipinski definition) is 2. The van der Waals surface area contributed by atoms with E-state index >= 15 is 0 Å². The van der Waals surface area contributed by atoms with Crippen molar-refractivity contribution in [3.63, 3.8) is 0 Å². The SMILES string of the molecule is O=C(O)C1(c2ccc(-c3ccccc3)cn2)CCC1. The number of carboxylic acid groups (broad SMARTS) is 1. The van der Waals surface area contributed by atoms with E-state index in [2.05, 4.69) is 4.98 Å². The molecule has 3 nitrogen and oxygen atoms in total. The van der Waals surface area contributed by atoms with E-state index < -0.39 is 11.4 Å². The monoisotopic (exact) mass is 253 g/mol. The number of pyridine rings is 1. The number of hydrogen-bond donors (Lipinski definition) is 1. The summed E-state index contributed by atoms with van der Waals surface area (Å²) >= 11 is 0. The average molecular weight is 253 g/mol. The van der Waals surface area contributed by atoms with Gasteiger partial charge in [0.15, 0.2) is 0 Å². The molecule has 19 heavy (non-hydrogen) atoms. The second-order valence-electron chi connectivity index (χ2n) is 5.04. The standard InChI is InChI=1S/C16H15NO2/c18-15(19)16(9-4-10-16)14-8-7-13(11-17-14)12-5-2-1-3-6-12/h1-3,5-8,11H,4,9-10H2,(H,18,19). The van der Waals surface area contributed by atoms with Gasteiger partial charge in [-0.2, -0.15) is 0 Å². The minimum atomic E-state index is -0.751. The molecule has 3 heteroatoms. The molecule has 0 bridgehead atoms. The maximum Gasteiger partial charge on any atom is 0.315 e. The average Bonchev–Trinajstić information content (AvgIpc) is 2.39. The summed E-state index contributed by atoms with van der Waals surface area (Å²) in [5.74, 6) is -0.751. The Labute approximate surface area is 111 Å². The summed E-state index contributed by atoms with van der Waals surface area (Å²) in [6, 6.07) is 13.8. The summed E-state index contributed by atoms with van der Waals surface area (Å²) < 4.78 is 0. The summed E-state index contributed by atoms with van der Waals surface area (Å²) in [7, 11) is 0. The van der Waals surface area contributed by atoms with Crippen LogP contribution >= 0.6 is 0 Å². The highest BCUT2D eigenvalue weighted by Gasteiger charge is 2.47. The molecule has 1 aliphatic rings. The first-order valence-corrected chi connectivity index (χ1v) is 6.48. The van der Waals surface area contributed by atoms with Gasteiger partial charge in [0, 0.05) is 11.8 Å². The zero-order chi connectivity index (χ0) is 13.3. The van der Waals surface area contributed by atoms with Crippen molar-refractivity contribution in [2.75, 3.05) is 0 Å². The van der Waals surface area contributed by atoms with Crippen molar-refractivity contribution in [1.82, 2.24) is 4.98 Å². The molecular weight excluding hydrogens is 238 g/mol. The van der Waals surface area contributed by atoms with Crippen molar-refractivity contribution in [1.29, 1.82) is 0 Å². The van der Waals surface area contributed by atoms with Crippen LogP contribution in [0.1, 0.15) is 25.0 Å². The van der Waals surface area contributed by atoms with Crippen LogP contribution in [0.25, 0.3) is 11.1 Å². The van der Waals surface area contributed by atoms with Gasteiger partial charge in [0.1, 0.15) is 5.41 Å². The maximum absolute atomic E-state index is 11.4. The van der Waals surface area contributed by atoms with Crippen LogP contribution < -0.4 is 0 Å². The largest absolute Gasteiger partial charge is 0.481 e. The van der Waals surface area contributed by atoms with Crippen molar-refractivity contribution in [2.45, 2.75) is 24.7 Å². The molecular formula is C16H15NO2. The highest BCUT2D eigenvalue weighted by atomic mass is 16.4. The smallest absolute Gasteiger partial charge is 0.315 e. The third-order valence-electron chi connectivity index (χ3n) is 3.98. The molecule has 3 rings (SSSR count). The van der Waals surface area contributed by atoms with Crippen LogP contribution in [-0.4, -0.2) is 16.1 Å². The molecule has 0 unspecified atom stereocenters. The van der Waals surface area contributed by atoms with E-state index in [1.165, 1.54) is 0 Å². The fourth-order valence-corrected chi connectivity index (χ4v) is 2.59. The number of carboxylic acids is 1. The van der Waals surface area contributed by atoms with E-state index in [0.717, 1.165) is 17.5 Å². The van der Waals surface area contributed by atoms with Gasteiger partial charge >= 0.3 is 5.97 Å². The van der Waals surface area contributed by atoms with Crippen LogP contribution in [0.4, 0.5) is 0 Å². The molecule has 0 atom stereocenters. The van der Waals surface area contributed by atoms with Crippen molar-refractivity contribution in [2.24, 2.45) is 0 Å². The van der Waals surface area contributed by atoms with Gasteiger partial charge < -0.3 is 5.11 Å². The van der Waals surface area contributed by atoms with E-state index in [-0.39, 0.29) is 0 Å². The Morgan fingerprint density at radius 1 is 1.05 bits per heavy atom. The molecule has 1 aliphatic carbocycles. The Morgan fingerprint density at radius 2 is 1.79 bits per heavy atom. The predicted octanol–water partition coefficient (Wildman–Crippen LogP) is 3.25. The molecule has 1 aromatic carbocycles. The molecule has 1 saturated carbocycles. The number of carbonyl (C=O) groups is 1. The number of nitrogens with zero attached hydrogens (tertiary/aromatic N) is 1. The van der Waals surface area contributed by atoms with Gasteiger partial charge in [-0.3, -0.25) is 9.78 Å². The van der Waals surface area contributed by atoms with Gasteiger partial charge in [-0.05, 0) is 24.5 Å². The number of aliphatic carboxylic acids is 1. The Kier molecular flexibility index (Phi) is 2.82. The highest BCUT2D eigenvalue weighted by Crippen LogP contribution is 2.43. The second kappa shape index (κ2) is 4.50. The minimum absolute atomic E-state index is 0.686. The number of aromatic nitrogens is 1. The van der Waals surface area contributed by atoms with Crippen LogP contribution in [0.5, 0.6) is 0 Å². The predicted molar refractivity (Wildman–Crippen MR) is 72.8 cm³/mol. The highest BCUT2D eigenvalue weighted by molar-refractivity contribution is 5.82. The van der Waals surface area contributed by atoms with Gasteiger partial charge in [0.2, 0.25) is 0 Å². The van der Waals surface area contributed by atoms with Crippen LogP contribution in [0.15, 0.2) is 48.7 Å². The molecule has 2 aromatic rings. The van der Waals surface area contributed by atoms with Gasteiger partial charge in [-0.25, -0.2) is 0 Å². The van der Waals surface area contributed by atoms with Crippen LogP contribution in [0.2, 0.25) is 0 Å². The summed E-state index contributed by atoms with van der Waals surface area (Å²) in [6.45, 7) is 0. The quantitative estimate of drug-likeness (QED) is 0.913. The first-order valence-electron chi connectivity index (χ1n) is 6.48. The fraction of sp³-hybridized carbons (Fsp3) is 0.250. The number of benzene rings is 1. The van der Waals surface area contributed by atoms with E-state index in [4.69, 9.17) is 0 Å². The Morgan fingerprint density at radius 3 is 2.26 bits per heavy atom. The second-order valence-corrected chi connectivity index (χ2v) is 5.04.